The molecular formula is C56H82N2O12Si2. The topological polar surface area (TPSA) is 160 Å². The van der Waals surface area contributed by atoms with Crippen LogP contribution < -0.4 is 0 Å². The van der Waals surface area contributed by atoms with Crippen molar-refractivity contribution in [2.45, 2.75) is 155 Å². The molecule has 72 heavy (non-hydrogen) atoms. The van der Waals surface area contributed by atoms with E-state index in [9.17, 15) is 9.59 Å². The number of ether oxygens (including phenoxy) is 8. The lowest BCUT2D eigenvalue weighted by atomic mass is 9.78. The van der Waals surface area contributed by atoms with Crippen LogP contribution in [0, 0.1) is 34.5 Å². The van der Waals surface area contributed by atoms with Crippen LogP contribution in [-0.2, 0) is 50.7 Å². The molecule has 396 valence electrons. The number of allylic oxidation sites excluding steroid dienone is 6. The number of rotatable bonds is 20. The molecule has 1 aliphatic heterocycles. The maximum absolute atomic E-state index is 13.8. The summed E-state index contributed by atoms with van der Waals surface area (Å²) >= 11 is 0. The van der Waals surface area contributed by atoms with Crippen molar-refractivity contribution in [3.05, 3.63) is 109 Å². The summed E-state index contributed by atoms with van der Waals surface area (Å²) in [5, 5.41) is 0. The zero-order chi connectivity index (χ0) is 53.2. The summed E-state index contributed by atoms with van der Waals surface area (Å²) in [6.07, 6.45) is 22.2. The molecule has 0 saturated heterocycles. The number of cyclic esters (lactones) is 2. The third kappa shape index (κ3) is 22.5. The van der Waals surface area contributed by atoms with E-state index in [4.69, 9.17) is 46.7 Å². The molecule has 2 aromatic heterocycles. The highest BCUT2D eigenvalue weighted by Gasteiger charge is 2.41. The number of fused-ring (bicyclic) bond motifs is 4. The van der Waals surface area contributed by atoms with Gasteiger partial charge in [0, 0.05) is 67.3 Å². The lowest BCUT2D eigenvalue weighted by Crippen LogP contribution is -2.43. The average Bonchev–Trinajstić information content (AvgIpc) is 4.00. The molecule has 3 heterocycles. The number of carbonyl (C=O) groups excluding carboxylic acids is 2. The Labute approximate surface area is 432 Å². The zero-order valence-corrected chi connectivity index (χ0v) is 47.4. The second-order valence-corrected chi connectivity index (χ2v) is 32.4. The van der Waals surface area contributed by atoms with Gasteiger partial charge < -0.3 is 46.7 Å². The molecule has 0 amide bonds. The number of aromatic nitrogens is 2. The van der Waals surface area contributed by atoms with Gasteiger partial charge in [-0.2, -0.15) is 0 Å². The minimum absolute atomic E-state index is 0.0246. The van der Waals surface area contributed by atoms with Crippen molar-refractivity contribution in [3.8, 4) is 23.7 Å². The van der Waals surface area contributed by atoms with Gasteiger partial charge in [-0.1, -0.05) is 127 Å². The first kappa shape index (κ1) is 61.4. The molecule has 1 aliphatic rings. The van der Waals surface area contributed by atoms with Gasteiger partial charge in [0.1, 0.15) is 38.3 Å². The number of hydrogen-bond acceptors (Lipinski definition) is 14. The van der Waals surface area contributed by atoms with Crippen LogP contribution in [0.5, 0.6) is 0 Å². The van der Waals surface area contributed by atoms with Crippen molar-refractivity contribution in [1.29, 1.82) is 0 Å². The van der Waals surface area contributed by atoms with Crippen LogP contribution in [0.3, 0.4) is 0 Å². The van der Waals surface area contributed by atoms with Gasteiger partial charge in [0.15, 0.2) is 23.2 Å². The molecule has 0 fully saturated rings. The summed E-state index contributed by atoms with van der Waals surface area (Å²) in [7, 11) is 0.563. The van der Waals surface area contributed by atoms with Gasteiger partial charge in [-0.3, -0.25) is 0 Å². The summed E-state index contributed by atoms with van der Waals surface area (Å²) in [6, 6.07) is 2.03. The maximum Gasteiger partial charge on any atom is 0.360 e. The molecule has 3 rings (SSSR count). The number of carbonyl (C=O) groups is 2. The third-order valence-corrected chi connectivity index (χ3v) is 15.4. The lowest BCUT2D eigenvalue weighted by molar-refractivity contribution is -0.129. The van der Waals surface area contributed by atoms with Gasteiger partial charge in [0.25, 0.3) is 0 Å². The van der Waals surface area contributed by atoms with E-state index < -0.39 is 75.5 Å². The SMILES string of the molecule is C/C=C/[C@H](OCOCC[Si](C)(C)C)C(C)(C)[C@@H]1C/C=C\C#C/C=C/[C@H](OC)Cc2nc(co2)C(=O)O[C@H](C(C)(C)[C@H](/C=C/C)OCOCC[Si](C)(C)C)C/C=C\C#C/C=C/[C@H](OC)Cc2nc(co2)C(=O)O1. The molecule has 6 atom stereocenters. The minimum atomic E-state index is -1.29. The fourth-order valence-corrected chi connectivity index (χ4v) is 8.58. The molecule has 0 N–H and O–H groups in total. The molecule has 0 unspecified atom stereocenters. The summed E-state index contributed by atoms with van der Waals surface area (Å²) in [4.78, 5) is 36.5. The Kier molecular flexibility index (Phi) is 26.4. The van der Waals surface area contributed by atoms with Crippen LogP contribution in [0.1, 0.15) is 87.1 Å². The Morgan fingerprint density at radius 3 is 1.36 bits per heavy atom. The van der Waals surface area contributed by atoms with Crippen molar-refractivity contribution >= 4 is 28.1 Å². The third-order valence-electron chi connectivity index (χ3n) is 12.0. The molecule has 4 bridgehead atoms. The zero-order valence-electron chi connectivity index (χ0n) is 45.4. The Morgan fingerprint density at radius 2 is 1.01 bits per heavy atom. The van der Waals surface area contributed by atoms with Gasteiger partial charge in [-0.25, -0.2) is 19.6 Å². The Morgan fingerprint density at radius 1 is 0.639 bits per heavy atom. The van der Waals surface area contributed by atoms with Crippen molar-refractivity contribution in [1.82, 2.24) is 9.97 Å². The first-order valence-corrected chi connectivity index (χ1v) is 32.2. The summed E-state index contributed by atoms with van der Waals surface area (Å²) in [5.74, 6) is 11.4. The van der Waals surface area contributed by atoms with Crippen LogP contribution in [0.4, 0.5) is 0 Å². The van der Waals surface area contributed by atoms with E-state index >= 15 is 0 Å². The van der Waals surface area contributed by atoms with Gasteiger partial charge in [0.2, 0.25) is 0 Å². The maximum atomic E-state index is 13.8. The Bertz CT molecular complexity index is 2110. The van der Waals surface area contributed by atoms with Gasteiger partial charge in [-0.15, -0.1) is 0 Å². The van der Waals surface area contributed by atoms with Crippen LogP contribution >= 0.6 is 0 Å². The van der Waals surface area contributed by atoms with Crippen molar-refractivity contribution in [3.63, 3.8) is 0 Å². The fourth-order valence-electron chi connectivity index (χ4n) is 7.06. The van der Waals surface area contributed by atoms with E-state index in [0.29, 0.717) is 26.1 Å². The number of esters is 2. The molecule has 0 radical (unpaired) electrons. The molecule has 0 aromatic carbocycles. The van der Waals surface area contributed by atoms with Crippen molar-refractivity contribution in [2.24, 2.45) is 10.8 Å². The fraction of sp³-hybridized carbons (Fsp3) is 0.571. The number of hydrogen-bond donors (Lipinski definition) is 0. The predicted octanol–water partition coefficient (Wildman–Crippen LogP) is 11.2. The van der Waals surface area contributed by atoms with E-state index in [1.54, 1.807) is 50.7 Å². The molecule has 0 saturated carbocycles. The van der Waals surface area contributed by atoms with Crippen LogP contribution in [0.15, 0.2) is 94.3 Å². The number of nitrogens with zero attached hydrogens (tertiary/aromatic N) is 2. The van der Waals surface area contributed by atoms with Crippen molar-refractivity contribution in [2.75, 3.05) is 41.0 Å². The van der Waals surface area contributed by atoms with Crippen LogP contribution in [-0.4, -0.2) is 116 Å². The number of methoxy groups -OCH3 is 2. The number of oxazole rings is 2. The Hall–Kier alpha value is -4.89. The van der Waals surface area contributed by atoms with E-state index in [1.807, 2.05) is 78.0 Å². The smallest absolute Gasteiger partial charge is 0.360 e. The van der Waals surface area contributed by atoms with E-state index in [1.165, 1.54) is 12.5 Å². The monoisotopic (exact) mass is 1030 g/mol. The lowest BCUT2D eigenvalue weighted by Gasteiger charge is -2.38. The van der Waals surface area contributed by atoms with Gasteiger partial charge in [-0.05, 0) is 62.4 Å². The van der Waals surface area contributed by atoms with E-state index in [2.05, 4.69) is 72.9 Å². The molecule has 14 nitrogen and oxygen atoms in total. The first-order valence-electron chi connectivity index (χ1n) is 24.8. The van der Waals surface area contributed by atoms with Gasteiger partial charge >= 0.3 is 11.9 Å². The second kappa shape index (κ2) is 31.0. The minimum Gasteiger partial charge on any atom is -0.457 e. The first-order chi connectivity index (χ1) is 34.1. The summed E-state index contributed by atoms with van der Waals surface area (Å²) in [5.41, 5.74) is -1.42. The summed E-state index contributed by atoms with van der Waals surface area (Å²) in [6.45, 7) is 27.0. The highest BCUT2D eigenvalue weighted by Crippen LogP contribution is 2.36. The Balaban J connectivity index is 1.95. The van der Waals surface area contributed by atoms with Crippen molar-refractivity contribution < 1.29 is 56.3 Å². The van der Waals surface area contributed by atoms with E-state index in [0.717, 1.165) is 12.1 Å². The molecule has 0 spiro atoms. The molecular weight excluding hydrogens is 949 g/mol. The standard InChI is InChI=1S/C56H82N2O12Si2/c1-15-27-47(67-41-63-33-35-71(9,10)11)55(3,4)49-31-25-21-17-19-23-29-44(62-8)38-52-58-46(40-66-52)54(60)70-50(56(5,6)48(28-16-2)68-42-64-34-36-72(12,13)14)32-26-22-18-20-24-30-43(61-7)37-51-57-45(39-65-51)53(59)69-49/h15-16,21-30,39-40,43-44,47-50H,31-38,41-42H2,1-14H3/b25-21-,26-22-,27-15+,28-16+,29-23+,30-24+/t43-,44-,47-,48-,49-,50-/m0/s1. The predicted molar refractivity (Wildman–Crippen MR) is 287 cm³/mol. The second-order valence-electron chi connectivity index (χ2n) is 21.1. The molecule has 0 aliphatic carbocycles. The highest BCUT2D eigenvalue weighted by atomic mass is 28.3. The highest BCUT2D eigenvalue weighted by molar-refractivity contribution is 6.76. The average molecular weight is 1030 g/mol. The quantitative estimate of drug-likeness (QED) is 0.0308. The molecule has 16 heteroatoms. The van der Waals surface area contributed by atoms with Crippen LogP contribution in [0.25, 0.3) is 0 Å². The normalized spacial score (nSPS) is 22.1. The van der Waals surface area contributed by atoms with E-state index in [-0.39, 0.29) is 49.6 Å². The largest absolute Gasteiger partial charge is 0.457 e. The van der Waals surface area contributed by atoms with Gasteiger partial charge in [0.05, 0.1) is 37.3 Å². The molecule has 2 aromatic rings. The van der Waals surface area contributed by atoms with Crippen LogP contribution in [0.2, 0.25) is 51.4 Å². The summed E-state index contributed by atoms with van der Waals surface area (Å²) < 4.78 is 59.6.